The number of rotatable bonds is 8. The van der Waals surface area contributed by atoms with Crippen LogP contribution in [-0.2, 0) is 16.8 Å². The van der Waals surface area contributed by atoms with E-state index in [9.17, 15) is 4.79 Å². The van der Waals surface area contributed by atoms with Crippen LogP contribution in [0.15, 0.2) is 53.7 Å². The number of carbonyl (C=O) groups excluding carboxylic acids is 1. The molecule has 3 rings (SSSR count). The molecule has 0 saturated carbocycles. The van der Waals surface area contributed by atoms with Crippen LogP contribution in [0.2, 0.25) is 0 Å². The first-order valence-corrected chi connectivity index (χ1v) is 11.9. The monoisotopic (exact) mass is 452 g/mol. The Kier molecular flexibility index (Phi) is 7.61. The Labute approximate surface area is 194 Å². The number of nitrogens with one attached hydrogen (secondary N) is 1. The number of hydrogen-bond acceptors (Lipinski definition) is 5. The molecule has 32 heavy (non-hydrogen) atoms. The average molecular weight is 453 g/mol. The molecule has 0 spiro atoms. The van der Waals surface area contributed by atoms with Gasteiger partial charge in [0.05, 0.1) is 5.75 Å². The molecule has 0 aliphatic heterocycles. The summed E-state index contributed by atoms with van der Waals surface area (Å²) in [6.07, 6.45) is -0.265. The highest BCUT2D eigenvalue weighted by atomic mass is 32.2. The summed E-state index contributed by atoms with van der Waals surface area (Å²) >= 11 is 1.37. The second-order valence-corrected chi connectivity index (χ2v) is 9.77. The fourth-order valence-corrected chi connectivity index (χ4v) is 4.15. The summed E-state index contributed by atoms with van der Waals surface area (Å²) in [5.41, 5.74) is 3.27. The van der Waals surface area contributed by atoms with E-state index < -0.39 is 0 Å². The van der Waals surface area contributed by atoms with E-state index in [0.717, 1.165) is 22.8 Å². The molecular formula is C25H32N4O2S. The number of amides is 1. The van der Waals surface area contributed by atoms with Gasteiger partial charge in [-0.05, 0) is 61.6 Å². The Morgan fingerprint density at radius 1 is 1.16 bits per heavy atom. The Hall–Kier alpha value is -2.80. The second kappa shape index (κ2) is 10.2. The zero-order valence-corrected chi connectivity index (χ0v) is 20.5. The molecule has 0 aliphatic rings. The molecule has 1 aromatic heterocycles. The lowest BCUT2D eigenvalue weighted by Crippen LogP contribution is -2.15. The average Bonchev–Trinajstić information content (AvgIpc) is 3.15. The van der Waals surface area contributed by atoms with Crippen LogP contribution in [-0.4, -0.2) is 26.4 Å². The van der Waals surface area contributed by atoms with E-state index in [1.165, 1.54) is 17.3 Å². The van der Waals surface area contributed by atoms with Gasteiger partial charge in [0.25, 0.3) is 0 Å². The highest BCUT2D eigenvalue weighted by Gasteiger charge is 2.20. The van der Waals surface area contributed by atoms with Crippen molar-refractivity contribution in [2.45, 2.75) is 64.8 Å². The number of aromatic nitrogens is 3. The van der Waals surface area contributed by atoms with Crippen LogP contribution in [0.25, 0.3) is 0 Å². The van der Waals surface area contributed by atoms with Crippen molar-refractivity contribution in [3.05, 3.63) is 65.5 Å². The Morgan fingerprint density at radius 2 is 1.88 bits per heavy atom. The number of ether oxygens (including phenoxy) is 1. The normalized spacial score (nSPS) is 12.4. The van der Waals surface area contributed by atoms with Crippen molar-refractivity contribution in [2.24, 2.45) is 0 Å². The molecule has 7 heteroatoms. The lowest BCUT2D eigenvalue weighted by molar-refractivity contribution is -0.113. The highest BCUT2D eigenvalue weighted by Crippen LogP contribution is 2.28. The Balaban J connectivity index is 1.62. The smallest absolute Gasteiger partial charge is 0.234 e. The first-order valence-electron chi connectivity index (χ1n) is 10.9. The zero-order valence-electron chi connectivity index (χ0n) is 19.7. The van der Waals surface area contributed by atoms with Crippen LogP contribution in [0.1, 0.15) is 57.7 Å². The number of carbonyl (C=O) groups is 1. The van der Waals surface area contributed by atoms with Crippen molar-refractivity contribution in [2.75, 3.05) is 11.1 Å². The van der Waals surface area contributed by atoms with E-state index in [2.05, 4.69) is 48.4 Å². The van der Waals surface area contributed by atoms with Crippen LogP contribution < -0.4 is 10.1 Å². The molecule has 1 atom stereocenters. The summed E-state index contributed by atoms with van der Waals surface area (Å²) in [5.74, 6) is 1.73. The number of nitrogens with zero attached hydrogens (tertiary/aromatic N) is 3. The van der Waals surface area contributed by atoms with Gasteiger partial charge in [-0.15, -0.1) is 10.2 Å². The minimum atomic E-state index is -0.265. The molecule has 0 bridgehead atoms. The second-order valence-electron chi connectivity index (χ2n) is 8.83. The van der Waals surface area contributed by atoms with Crippen molar-refractivity contribution in [3.63, 3.8) is 0 Å². The first-order chi connectivity index (χ1) is 15.2. The van der Waals surface area contributed by atoms with Crippen molar-refractivity contribution in [3.8, 4) is 5.75 Å². The maximum atomic E-state index is 12.4. The fraction of sp³-hybridized carbons (Fsp3) is 0.400. The molecule has 1 unspecified atom stereocenters. The predicted molar refractivity (Wildman–Crippen MR) is 130 cm³/mol. The first kappa shape index (κ1) is 23.9. The van der Waals surface area contributed by atoms with E-state index in [1.807, 2.05) is 61.7 Å². The Morgan fingerprint density at radius 3 is 2.50 bits per heavy atom. The predicted octanol–water partition coefficient (Wildman–Crippen LogP) is 5.77. The number of hydrogen-bond donors (Lipinski definition) is 1. The van der Waals surface area contributed by atoms with Gasteiger partial charge in [-0.1, -0.05) is 56.8 Å². The summed E-state index contributed by atoms with van der Waals surface area (Å²) in [6, 6.07) is 15.9. The van der Waals surface area contributed by atoms with E-state index in [4.69, 9.17) is 4.74 Å². The third-order valence-corrected chi connectivity index (χ3v) is 6.06. The van der Waals surface area contributed by atoms with Gasteiger partial charge < -0.3 is 14.6 Å². The van der Waals surface area contributed by atoms with Crippen molar-refractivity contribution >= 4 is 23.4 Å². The van der Waals surface area contributed by atoms with Gasteiger partial charge in [0.1, 0.15) is 5.75 Å². The van der Waals surface area contributed by atoms with Gasteiger partial charge in [-0.2, -0.15) is 0 Å². The topological polar surface area (TPSA) is 69.0 Å². The lowest BCUT2D eigenvalue weighted by atomic mass is 9.87. The third kappa shape index (κ3) is 6.13. The molecule has 6 nitrogen and oxygen atoms in total. The number of benzene rings is 2. The quantitative estimate of drug-likeness (QED) is 0.439. The minimum absolute atomic E-state index is 0.0731. The molecule has 2 aromatic carbocycles. The zero-order chi connectivity index (χ0) is 23.3. The summed E-state index contributed by atoms with van der Waals surface area (Å²) < 4.78 is 8.13. The van der Waals surface area contributed by atoms with E-state index >= 15 is 0 Å². The summed E-state index contributed by atoms with van der Waals surface area (Å²) in [5, 5.41) is 12.3. The van der Waals surface area contributed by atoms with Crippen molar-refractivity contribution < 1.29 is 9.53 Å². The van der Waals surface area contributed by atoms with E-state index in [-0.39, 0.29) is 23.2 Å². The molecule has 1 amide bonds. The van der Waals surface area contributed by atoms with Crippen LogP contribution in [0.3, 0.4) is 0 Å². The fourth-order valence-electron chi connectivity index (χ4n) is 3.35. The molecule has 0 saturated heterocycles. The number of aryl methyl sites for hydroxylation is 1. The van der Waals surface area contributed by atoms with E-state index in [1.54, 1.807) is 0 Å². The summed E-state index contributed by atoms with van der Waals surface area (Å²) in [6.45, 7) is 13.3. The van der Waals surface area contributed by atoms with Gasteiger partial charge in [-0.3, -0.25) is 4.79 Å². The van der Waals surface area contributed by atoms with Crippen LogP contribution in [0.5, 0.6) is 5.75 Å². The largest absolute Gasteiger partial charge is 0.483 e. The van der Waals surface area contributed by atoms with Crippen LogP contribution >= 0.6 is 11.8 Å². The maximum Gasteiger partial charge on any atom is 0.234 e. The summed E-state index contributed by atoms with van der Waals surface area (Å²) in [4.78, 5) is 12.4. The molecule has 1 N–H and O–H groups in total. The molecule has 0 fully saturated rings. The standard InChI is InChI=1S/C25H32N4O2S/c1-7-29-23(18(3)31-21-13-11-19(12-14-21)25(4,5)6)27-28-24(29)32-16-22(30)26-20-10-8-9-17(2)15-20/h8-15,18H,7,16H2,1-6H3,(H,26,30). The van der Waals surface area contributed by atoms with Gasteiger partial charge in [-0.25, -0.2) is 0 Å². The molecule has 0 aliphatic carbocycles. The van der Waals surface area contributed by atoms with E-state index in [0.29, 0.717) is 11.7 Å². The maximum absolute atomic E-state index is 12.4. The van der Waals surface area contributed by atoms with Gasteiger partial charge in [0.2, 0.25) is 5.91 Å². The molecule has 3 aromatic rings. The van der Waals surface area contributed by atoms with Gasteiger partial charge in [0, 0.05) is 12.2 Å². The van der Waals surface area contributed by atoms with Gasteiger partial charge >= 0.3 is 0 Å². The molecule has 0 radical (unpaired) electrons. The lowest BCUT2D eigenvalue weighted by Gasteiger charge is -2.20. The SMILES string of the molecule is CCn1c(SCC(=O)Nc2cccc(C)c2)nnc1C(C)Oc1ccc(C(C)(C)C)cc1. The van der Waals surface area contributed by atoms with Gasteiger partial charge in [0.15, 0.2) is 17.1 Å². The molecule has 170 valence electrons. The minimum Gasteiger partial charge on any atom is -0.483 e. The highest BCUT2D eigenvalue weighted by molar-refractivity contribution is 7.99. The summed E-state index contributed by atoms with van der Waals surface area (Å²) in [7, 11) is 0. The van der Waals surface area contributed by atoms with Crippen LogP contribution in [0, 0.1) is 6.92 Å². The number of anilines is 1. The number of thioether (sulfide) groups is 1. The molecular weight excluding hydrogens is 420 g/mol. The van der Waals surface area contributed by atoms with Crippen molar-refractivity contribution in [1.29, 1.82) is 0 Å². The van der Waals surface area contributed by atoms with Crippen LogP contribution in [0.4, 0.5) is 5.69 Å². The Bertz CT molecular complexity index is 1050. The third-order valence-electron chi connectivity index (χ3n) is 5.09. The van der Waals surface area contributed by atoms with Crippen molar-refractivity contribution in [1.82, 2.24) is 14.8 Å². The molecule has 1 heterocycles.